The number of fused-ring (bicyclic) bond motifs is 3. The lowest BCUT2D eigenvalue weighted by Crippen LogP contribution is -2.46. The lowest BCUT2D eigenvalue weighted by atomic mass is 9.55. The number of hydrogen-bond donors (Lipinski definition) is 0. The molecule has 3 heteroatoms. The minimum atomic E-state index is 0.0412. The molecule has 4 aliphatic rings. The summed E-state index contributed by atoms with van der Waals surface area (Å²) in [6.07, 6.45) is 7.02. The largest absolute Gasteiger partial charge is 0.462 e. The molecule has 1 aromatic rings. The standard InChI is InChI=1S/C24H31NO2/c1-16-6-5-10-24(2)13-22-19(12-21(16)24)20(23(26)27-22)15-25-11-9-17-7-3-4-8-18(17)14-25/h3-4,7-8,19-22H,1,5-6,9-15H2,2H3/t19-,20+,21-,22-,24-/m1/s1. The van der Waals surface area contributed by atoms with Crippen LogP contribution in [0.3, 0.4) is 0 Å². The fourth-order valence-electron chi connectivity index (χ4n) is 6.45. The summed E-state index contributed by atoms with van der Waals surface area (Å²) in [6, 6.07) is 8.72. The molecule has 2 heterocycles. The molecule has 2 aliphatic heterocycles. The van der Waals surface area contributed by atoms with Crippen molar-refractivity contribution in [2.24, 2.45) is 23.2 Å². The van der Waals surface area contributed by atoms with Gasteiger partial charge in [-0.3, -0.25) is 9.69 Å². The van der Waals surface area contributed by atoms with Crippen LogP contribution in [-0.4, -0.2) is 30.1 Å². The quantitative estimate of drug-likeness (QED) is 0.576. The summed E-state index contributed by atoms with van der Waals surface area (Å²) in [4.78, 5) is 15.3. The minimum Gasteiger partial charge on any atom is -0.462 e. The zero-order valence-electron chi connectivity index (χ0n) is 16.5. The van der Waals surface area contributed by atoms with Gasteiger partial charge < -0.3 is 4.74 Å². The number of carbonyl (C=O) groups excluding carboxylic acids is 1. The lowest BCUT2D eigenvalue weighted by molar-refractivity contribution is -0.146. The molecule has 2 aliphatic carbocycles. The normalized spacial score (nSPS) is 38.7. The van der Waals surface area contributed by atoms with Gasteiger partial charge in [0.25, 0.3) is 0 Å². The molecular formula is C24H31NO2. The molecule has 0 unspecified atom stereocenters. The molecule has 0 spiro atoms. The van der Waals surface area contributed by atoms with Crippen molar-refractivity contribution >= 4 is 5.97 Å². The molecule has 5 rings (SSSR count). The van der Waals surface area contributed by atoms with E-state index in [-0.39, 0.29) is 23.4 Å². The number of ether oxygens (including phenoxy) is 1. The molecule has 1 saturated heterocycles. The highest BCUT2D eigenvalue weighted by atomic mass is 16.6. The predicted molar refractivity (Wildman–Crippen MR) is 106 cm³/mol. The molecule has 0 radical (unpaired) electrons. The highest BCUT2D eigenvalue weighted by molar-refractivity contribution is 5.75. The van der Waals surface area contributed by atoms with Crippen molar-refractivity contribution in [1.82, 2.24) is 4.90 Å². The van der Waals surface area contributed by atoms with E-state index < -0.39 is 0 Å². The van der Waals surface area contributed by atoms with Gasteiger partial charge in [0.1, 0.15) is 6.10 Å². The zero-order valence-corrected chi connectivity index (χ0v) is 16.5. The van der Waals surface area contributed by atoms with Crippen LogP contribution in [0.5, 0.6) is 0 Å². The van der Waals surface area contributed by atoms with Crippen molar-refractivity contribution in [1.29, 1.82) is 0 Å². The van der Waals surface area contributed by atoms with E-state index in [0.717, 1.165) is 38.9 Å². The first-order valence-electron chi connectivity index (χ1n) is 10.7. The summed E-state index contributed by atoms with van der Waals surface area (Å²) in [7, 11) is 0. The smallest absolute Gasteiger partial charge is 0.310 e. The third-order valence-electron chi connectivity index (χ3n) is 7.98. The molecule has 27 heavy (non-hydrogen) atoms. The Labute approximate surface area is 162 Å². The third kappa shape index (κ3) is 2.95. The van der Waals surface area contributed by atoms with Crippen molar-refractivity contribution in [2.75, 3.05) is 13.1 Å². The van der Waals surface area contributed by atoms with E-state index in [0.29, 0.717) is 11.8 Å². The Morgan fingerprint density at radius 1 is 1.26 bits per heavy atom. The van der Waals surface area contributed by atoms with Gasteiger partial charge in [0.15, 0.2) is 0 Å². The van der Waals surface area contributed by atoms with Crippen LogP contribution in [-0.2, 0) is 22.5 Å². The zero-order chi connectivity index (χ0) is 18.6. The lowest BCUT2D eigenvalue weighted by Gasteiger charge is -2.50. The van der Waals surface area contributed by atoms with Crippen LogP contribution in [0.2, 0.25) is 0 Å². The van der Waals surface area contributed by atoms with E-state index in [1.165, 1.54) is 36.0 Å². The molecule has 2 saturated carbocycles. The number of rotatable bonds is 2. The average molecular weight is 366 g/mol. The molecule has 144 valence electrons. The maximum absolute atomic E-state index is 12.8. The first kappa shape index (κ1) is 17.5. The number of allylic oxidation sites excluding steroid dienone is 1. The summed E-state index contributed by atoms with van der Waals surface area (Å²) < 4.78 is 5.94. The van der Waals surface area contributed by atoms with Gasteiger partial charge >= 0.3 is 5.97 Å². The van der Waals surface area contributed by atoms with Crippen LogP contribution >= 0.6 is 0 Å². The van der Waals surface area contributed by atoms with Gasteiger partial charge in [-0.2, -0.15) is 0 Å². The van der Waals surface area contributed by atoms with Gasteiger partial charge in [0.05, 0.1) is 5.92 Å². The molecule has 0 bridgehead atoms. The molecular weight excluding hydrogens is 334 g/mol. The van der Waals surface area contributed by atoms with Crippen molar-refractivity contribution in [2.45, 2.75) is 58.1 Å². The summed E-state index contributed by atoms with van der Waals surface area (Å²) in [5, 5.41) is 0. The molecule has 0 N–H and O–H groups in total. The van der Waals surface area contributed by atoms with Gasteiger partial charge in [-0.25, -0.2) is 0 Å². The Morgan fingerprint density at radius 2 is 2.07 bits per heavy atom. The number of nitrogens with zero attached hydrogens (tertiary/aromatic N) is 1. The van der Waals surface area contributed by atoms with Crippen LogP contribution in [0.15, 0.2) is 36.4 Å². The Hall–Kier alpha value is -1.61. The SMILES string of the molecule is C=C1CCC[C@]2(C)C[C@H]3OC(=O)[C@@H](CN4CCc5ccccc5C4)[C@H]3C[C@H]12. The fourth-order valence-corrected chi connectivity index (χ4v) is 6.45. The van der Waals surface area contributed by atoms with Gasteiger partial charge in [-0.15, -0.1) is 0 Å². The highest BCUT2D eigenvalue weighted by Gasteiger charge is 2.55. The Balaban J connectivity index is 1.32. The van der Waals surface area contributed by atoms with Crippen LogP contribution in [0.1, 0.15) is 50.2 Å². The minimum absolute atomic E-state index is 0.0412. The maximum Gasteiger partial charge on any atom is 0.310 e. The Morgan fingerprint density at radius 3 is 2.93 bits per heavy atom. The maximum atomic E-state index is 12.8. The number of esters is 1. The first-order chi connectivity index (χ1) is 13.0. The Bertz CT molecular complexity index is 771. The summed E-state index contributed by atoms with van der Waals surface area (Å²) in [6.45, 7) is 9.67. The van der Waals surface area contributed by atoms with Gasteiger partial charge in [-0.05, 0) is 61.0 Å². The second-order valence-corrected chi connectivity index (χ2v) is 9.66. The van der Waals surface area contributed by atoms with Gasteiger partial charge in [0.2, 0.25) is 0 Å². The van der Waals surface area contributed by atoms with Crippen molar-refractivity contribution in [3.8, 4) is 0 Å². The second kappa shape index (κ2) is 6.48. The van der Waals surface area contributed by atoms with Crippen molar-refractivity contribution < 1.29 is 9.53 Å². The van der Waals surface area contributed by atoms with Crippen molar-refractivity contribution in [3.05, 3.63) is 47.5 Å². The molecule has 1 aromatic carbocycles. The molecule has 3 fully saturated rings. The first-order valence-corrected chi connectivity index (χ1v) is 10.7. The second-order valence-electron chi connectivity index (χ2n) is 9.66. The molecule has 3 nitrogen and oxygen atoms in total. The molecule has 5 atom stereocenters. The number of hydrogen-bond acceptors (Lipinski definition) is 3. The van der Waals surface area contributed by atoms with E-state index in [2.05, 4.69) is 42.7 Å². The summed E-state index contributed by atoms with van der Waals surface area (Å²) in [5.74, 6) is 1.05. The van der Waals surface area contributed by atoms with Crippen LogP contribution < -0.4 is 0 Å². The number of benzene rings is 1. The molecule has 0 aromatic heterocycles. The van der Waals surface area contributed by atoms with Gasteiger partial charge in [0, 0.05) is 25.6 Å². The van der Waals surface area contributed by atoms with E-state index in [9.17, 15) is 4.79 Å². The van der Waals surface area contributed by atoms with Crippen LogP contribution in [0.25, 0.3) is 0 Å². The van der Waals surface area contributed by atoms with E-state index in [1.54, 1.807) is 0 Å². The topological polar surface area (TPSA) is 29.5 Å². The van der Waals surface area contributed by atoms with Crippen LogP contribution in [0, 0.1) is 23.2 Å². The van der Waals surface area contributed by atoms with Crippen LogP contribution in [0.4, 0.5) is 0 Å². The van der Waals surface area contributed by atoms with Crippen molar-refractivity contribution in [3.63, 3.8) is 0 Å². The fraction of sp³-hybridized carbons (Fsp3) is 0.625. The monoisotopic (exact) mass is 365 g/mol. The Kier molecular flexibility index (Phi) is 4.19. The summed E-state index contributed by atoms with van der Waals surface area (Å²) in [5.41, 5.74) is 4.60. The van der Waals surface area contributed by atoms with E-state index in [1.807, 2.05) is 0 Å². The number of carbonyl (C=O) groups is 1. The summed E-state index contributed by atoms with van der Waals surface area (Å²) >= 11 is 0. The van der Waals surface area contributed by atoms with E-state index >= 15 is 0 Å². The predicted octanol–water partition coefficient (Wildman–Crippen LogP) is 4.36. The third-order valence-corrected chi connectivity index (χ3v) is 7.98. The molecule has 0 amide bonds. The van der Waals surface area contributed by atoms with Gasteiger partial charge in [-0.1, -0.05) is 43.3 Å². The van der Waals surface area contributed by atoms with E-state index in [4.69, 9.17) is 4.74 Å². The average Bonchev–Trinajstić information content (AvgIpc) is 2.94. The highest BCUT2D eigenvalue weighted by Crippen LogP contribution is 2.57.